The van der Waals surface area contributed by atoms with E-state index in [9.17, 15) is 8.78 Å². The third-order valence-electron chi connectivity index (χ3n) is 4.05. The zero-order valence-electron chi connectivity index (χ0n) is 10.7. The molecule has 104 valence electrons. The molecule has 3 unspecified atom stereocenters. The van der Waals surface area contributed by atoms with Gasteiger partial charge in [0, 0.05) is 30.9 Å². The lowest BCUT2D eigenvalue weighted by Crippen LogP contribution is -2.39. The summed E-state index contributed by atoms with van der Waals surface area (Å²) in [5, 5.41) is 3.47. The standard InChI is InChI=1S/C14H18F2N2O/c15-14(16)19-12-3-1-2-11(8-12)17-13-5-7-18-6-4-10(13)9-18/h1-3,8,10,13-14,17H,4-7,9H2. The summed E-state index contributed by atoms with van der Waals surface area (Å²) in [6, 6.07) is 7.28. The lowest BCUT2D eigenvalue weighted by atomic mass is 9.94. The number of hydrogen-bond donors (Lipinski definition) is 1. The first kappa shape index (κ1) is 12.7. The molecule has 2 bridgehead atoms. The van der Waals surface area contributed by atoms with Crippen LogP contribution in [-0.2, 0) is 0 Å². The predicted molar refractivity (Wildman–Crippen MR) is 69.6 cm³/mol. The van der Waals surface area contributed by atoms with E-state index < -0.39 is 6.61 Å². The largest absolute Gasteiger partial charge is 0.435 e. The number of halogens is 2. The summed E-state index contributed by atoms with van der Waals surface area (Å²) in [4.78, 5) is 2.49. The number of fused-ring (bicyclic) bond motifs is 2. The van der Waals surface area contributed by atoms with Gasteiger partial charge in [0.2, 0.25) is 0 Å². The maximum absolute atomic E-state index is 12.2. The van der Waals surface area contributed by atoms with Gasteiger partial charge in [-0.05, 0) is 37.4 Å². The van der Waals surface area contributed by atoms with Crippen LogP contribution in [0.3, 0.4) is 0 Å². The molecule has 1 aromatic carbocycles. The average molecular weight is 268 g/mol. The number of anilines is 1. The molecule has 1 N–H and O–H groups in total. The van der Waals surface area contributed by atoms with E-state index in [0.717, 1.165) is 25.2 Å². The number of ether oxygens (including phenoxy) is 1. The topological polar surface area (TPSA) is 24.5 Å². The van der Waals surface area contributed by atoms with Gasteiger partial charge in [0.25, 0.3) is 0 Å². The Morgan fingerprint density at radius 3 is 2.95 bits per heavy atom. The summed E-state index contributed by atoms with van der Waals surface area (Å²) in [6.45, 7) is 0.706. The first-order valence-corrected chi connectivity index (χ1v) is 6.74. The highest BCUT2D eigenvalue weighted by Crippen LogP contribution is 2.30. The van der Waals surface area contributed by atoms with Crippen molar-refractivity contribution in [2.24, 2.45) is 5.92 Å². The first-order valence-electron chi connectivity index (χ1n) is 6.74. The Morgan fingerprint density at radius 1 is 1.26 bits per heavy atom. The van der Waals surface area contributed by atoms with E-state index in [4.69, 9.17) is 0 Å². The van der Waals surface area contributed by atoms with Crippen LogP contribution in [0.5, 0.6) is 5.75 Å². The maximum Gasteiger partial charge on any atom is 0.387 e. The molecule has 0 amide bonds. The Balaban J connectivity index is 1.65. The van der Waals surface area contributed by atoms with E-state index in [2.05, 4.69) is 15.0 Å². The van der Waals surface area contributed by atoms with Crippen LogP contribution in [0.15, 0.2) is 24.3 Å². The zero-order chi connectivity index (χ0) is 13.2. The highest BCUT2D eigenvalue weighted by Gasteiger charge is 2.34. The number of rotatable bonds is 4. The van der Waals surface area contributed by atoms with Crippen LogP contribution >= 0.6 is 0 Å². The number of benzene rings is 1. The van der Waals surface area contributed by atoms with Crippen molar-refractivity contribution in [2.75, 3.05) is 25.0 Å². The van der Waals surface area contributed by atoms with Gasteiger partial charge >= 0.3 is 6.61 Å². The lowest BCUT2D eigenvalue weighted by Gasteiger charge is -2.31. The summed E-state index contributed by atoms with van der Waals surface area (Å²) in [5.41, 5.74) is 0.864. The Bertz CT molecular complexity index is 441. The molecule has 0 saturated carbocycles. The molecule has 0 aromatic heterocycles. The van der Waals surface area contributed by atoms with Gasteiger partial charge in [-0.2, -0.15) is 8.78 Å². The van der Waals surface area contributed by atoms with Gasteiger partial charge in [-0.15, -0.1) is 0 Å². The third-order valence-corrected chi connectivity index (χ3v) is 4.05. The van der Waals surface area contributed by atoms with Gasteiger partial charge < -0.3 is 15.0 Å². The van der Waals surface area contributed by atoms with Gasteiger partial charge in [0.1, 0.15) is 5.75 Å². The van der Waals surface area contributed by atoms with Gasteiger partial charge in [0.15, 0.2) is 0 Å². The van der Waals surface area contributed by atoms with E-state index in [1.54, 1.807) is 18.2 Å². The fraction of sp³-hybridized carbons (Fsp3) is 0.571. The summed E-state index contributed by atoms with van der Waals surface area (Å²) in [5.74, 6) is 0.886. The number of piperidine rings is 1. The van der Waals surface area contributed by atoms with Crippen molar-refractivity contribution in [2.45, 2.75) is 25.5 Å². The van der Waals surface area contributed by atoms with Crippen molar-refractivity contribution in [1.29, 1.82) is 0 Å². The van der Waals surface area contributed by atoms with Gasteiger partial charge in [-0.3, -0.25) is 0 Å². The molecule has 3 atom stereocenters. The molecule has 2 aliphatic rings. The fourth-order valence-corrected chi connectivity index (χ4v) is 3.12. The second kappa shape index (κ2) is 5.33. The van der Waals surface area contributed by atoms with Crippen LogP contribution in [0.25, 0.3) is 0 Å². The highest BCUT2D eigenvalue weighted by atomic mass is 19.3. The van der Waals surface area contributed by atoms with Gasteiger partial charge in [-0.25, -0.2) is 0 Å². The van der Waals surface area contributed by atoms with Crippen LogP contribution in [0.2, 0.25) is 0 Å². The van der Waals surface area contributed by atoms with Crippen molar-refractivity contribution < 1.29 is 13.5 Å². The van der Waals surface area contributed by atoms with Crippen molar-refractivity contribution >= 4 is 5.69 Å². The third kappa shape index (κ3) is 2.97. The fourth-order valence-electron chi connectivity index (χ4n) is 3.12. The number of nitrogens with one attached hydrogen (secondary N) is 1. The molecule has 19 heavy (non-hydrogen) atoms. The van der Waals surface area contributed by atoms with Crippen LogP contribution in [-0.4, -0.2) is 37.2 Å². The molecule has 0 radical (unpaired) electrons. The smallest absolute Gasteiger partial charge is 0.387 e. The quantitative estimate of drug-likeness (QED) is 0.908. The second-order valence-corrected chi connectivity index (χ2v) is 5.30. The minimum absolute atomic E-state index is 0.212. The Morgan fingerprint density at radius 2 is 2.11 bits per heavy atom. The molecule has 0 aliphatic carbocycles. The number of alkyl halides is 2. The minimum Gasteiger partial charge on any atom is -0.435 e. The number of nitrogens with zero attached hydrogens (tertiary/aromatic N) is 1. The molecule has 3 nitrogen and oxygen atoms in total. The second-order valence-electron chi connectivity index (χ2n) is 5.30. The molecule has 2 heterocycles. The van der Waals surface area contributed by atoms with Crippen molar-refractivity contribution in [1.82, 2.24) is 4.90 Å². The summed E-state index contributed by atoms with van der Waals surface area (Å²) in [6.07, 6.45) is 2.34. The molecule has 2 aliphatic heterocycles. The SMILES string of the molecule is FC(F)Oc1cccc(NC2CCN3CCC2C3)c1. The molecule has 0 spiro atoms. The molecular formula is C14H18F2N2O. The minimum atomic E-state index is -2.77. The van der Waals surface area contributed by atoms with Crippen LogP contribution < -0.4 is 10.1 Å². The molecule has 1 aromatic rings. The van der Waals surface area contributed by atoms with Gasteiger partial charge in [0.05, 0.1) is 0 Å². The van der Waals surface area contributed by atoms with E-state index >= 15 is 0 Å². The van der Waals surface area contributed by atoms with Crippen molar-refractivity contribution in [3.05, 3.63) is 24.3 Å². The molecular weight excluding hydrogens is 250 g/mol. The Labute approximate surface area is 111 Å². The summed E-state index contributed by atoms with van der Waals surface area (Å²) < 4.78 is 28.8. The molecule has 3 rings (SSSR count). The first-order chi connectivity index (χ1) is 9.20. The van der Waals surface area contributed by atoms with Crippen LogP contribution in [0.4, 0.5) is 14.5 Å². The van der Waals surface area contributed by atoms with E-state index in [1.807, 2.05) is 6.07 Å². The monoisotopic (exact) mass is 268 g/mol. The molecule has 2 saturated heterocycles. The van der Waals surface area contributed by atoms with E-state index in [-0.39, 0.29) is 5.75 Å². The van der Waals surface area contributed by atoms with E-state index in [0.29, 0.717) is 12.0 Å². The summed E-state index contributed by atoms with van der Waals surface area (Å²) in [7, 11) is 0. The normalized spacial score (nSPS) is 29.5. The number of hydrogen-bond acceptors (Lipinski definition) is 3. The Hall–Kier alpha value is -1.36. The van der Waals surface area contributed by atoms with Crippen LogP contribution in [0, 0.1) is 5.92 Å². The van der Waals surface area contributed by atoms with E-state index in [1.165, 1.54) is 13.0 Å². The highest BCUT2D eigenvalue weighted by molar-refractivity contribution is 5.49. The van der Waals surface area contributed by atoms with Gasteiger partial charge in [-0.1, -0.05) is 6.07 Å². The predicted octanol–water partition coefficient (Wildman–Crippen LogP) is 2.79. The van der Waals surface area contributed by atoms with Crippen LogP contribution in [0.1, 0.15) is 12.8 Å². The van der Waals surface area contributed by atoms with Crippen molar-refractivity contribution in [3.63, 3.8) is 0 Å². The summed E-state index contributed by atoms with van der Waals surface area (Å²) >= 11 is 0. The maximum atomic E-state index is 12.2. The zero-order valence-corrected chi connectivity index (χ0v) is 10.7. The lowest BCUT2D eigenvalue weighted by molar-refractivity contribution is -0.0498. The molecule has 5 heteroatoms. The molecule has 2 fully saturated rings. The average Bonchev–Trinajstić information content (AvgIpc) is 2.76. The van der Waals surface area contributed by atoms with Crippen molar-refractivity contribution in [3.8, 4) is 5.75 Å². The Kier molecular flexibility index (Phi) is 3.55.